The van der Waals surface area contributed by atoms with Crippen LogP contribution in [0.3, 0.4) is 0 Å². The van der Waals surface area contributed by atoms with E-state index in [4.69, 9.17) is 0 Å². The van der Waals surface area contributed by atoms with E-state index in [-0.39, 0.29) is 0 Å². The highest BCUT2D eigenvalue weighted by molar-refractivity contribution is 4.92. The van der Waals surface area contributed by atoms with Crippen molar-refractivity contribution in [3.05, 3.63) is 0 Å². The third kappa shape index (κ3) is 1.63. The lowest BCUT2D eigenvalue weighted by Crippen LogP contribution is -2.48. The van der Waals surface area contributed by atoms with Crippen LogP contribution < -0.4 is 0 Å². The number of hydrogen-bond donors (Lipinski definition) is 0. The van der Waals surface area contributed by atoms with Gasteiger partial charge in [-0.2, -0.15) is 0 Å². The molecule has 2 rings (SSSR count). The predicted molar refractivity (Wildman–Crippen MR) is 56.4 cm³/mol. The highest BCUT2D eigenvalue weighted by atomic mass is 15.3. The van der Waals surface area contributed by atoms with E-state index in [1.54, 1.807) is 6.42 Å². The van der Waals surface area contributed by atoms with Crippen LogP contribution in [0.25, 0.3) is 0 Å². The summed E-state index contributed by atoms with van der Waals surface area (Å²) in [5, 5.41) is 0. The van der Waals surface area contributed by atoms with Crippen LogP contribution in [0.2, 0.25) is 0 Å². The van der Waals surface area contributed by atoms with Gasteiger partial charge >= 0.3 is 0 Å². The minimum atomic E-state index is 0.857. The Hall–Kier alpha value is -0.0400. The van der Waals surface area contributed by atoms with Crippen molar-refractivity contribution in [1.82, 2.24) is 0 Å². The molecule has 0 aromatic rings. The molecule has 13 heavy (non-hydrogen) atoms. The van der Waals surface area contributed by atoms with Gasteiger partial charge in [0.15, 0.2) is 0 Å². The van der Waals surface area contributed by atoms with Gasteiger partial charge < -0.3 is 4.48 Å². The monoisotopic (exact) mass is 182 g/mol. The summed E-state index contributed by atoms with van der Waals surface area (Å²) in [5.41, 5.74) is 0. The number of nitrogens with zero attached hydrogens (tertiary/aromatic N) is 1. The maximum Gasteiger partial charge on any atom is 0.0886 e. The summed E-state index contributed by atoms with van der Waals surface area (Å²) >= 11 is 0. The van der Waals surface area contributed by atoms with Gasteiger partial charge in [-0.1, -0.05) is 6.42 Å². The van der Waals surface area contributed by atoms with Crippen LogP contribution in [0, 0.1) is 17.8 Å². The Morgan fingerprint density at radius 1 is 1.08 bits per heavy atom. The second kappa shape index (κ2) is 2.98. The second-order valence-electron chi connectivity index (χ2n) is 6.20. The Morgan fingerprint density at radius 2 is 1.77 bits per heavy atom. The van der Waals surface area contributed by atoms with Crippen LogP contribution in [-0.2, 0) is 0 Å². The Labute approximate surface area is 82.7 Å². The van der Waals surface area contributed by atoms with E-state index in [9.17, 15) is 0 Å². The normalized spacial score (nSPS) is 41.1. The molecule has 0 radical (unpaired) electrons. The topological polar surface area (TPSA) is 0 Å². The molecular formula is C12H24N+. The minimum Gasteiger partial charge on any atom is -0.328 e. The third-order valence-corrected chi connectivity index (χ3v) is 4.63. The average molecular weight is 182 g/mol. The molecule has 2 aliphatic carbocycles. The van der Waals surface area contributed by atoms with Gasteiger partial charge in [-0.15, -0.1) is 0 Å². The summed E-state index contributed by atoms with van der Waals surface area (Å²) in [6.45, 7) is 2.45. The molecule has 2 unspecified atom stereocenters. The van der Waals surface area contributed by atoms with Crippen molar-refractivity contribution in [2.24, 2.45) is 17.8 Å². The summed E-state index contributed by atoms with van der Waals surface area (Å²) in [5.74, 6) is 3.21. The first-order valence-electron chi connectivity index (χ1n) is 5.79. The highest BCUT2D eigenvalue weighted by Gasteiger charge is 2.45. The lowest BCUT2D eigenvalue weighted by Gasteiger charge is -2.38. The van der Waals surface area contributed by atoms with Gasteiger partial charge in [0.1, 0.15) is 0 Å². The highest BCUT2D eigenvalue weighted by Crippen LogP contribution is 2.50. The van der Waals surface area contributed by atoms with E-state index < -0.39 is 0 Å². The van der Waals surface area contributed by atoms with Crippen molar-refractivity contribution in [2.75, 3.05) is 21.1 Å². The van der Waals surface area contributed by atoms with Crippen LogP contribution in [0.15, 0.2) is 0 Å². The van der Waals surface area contributed by atoms with Crippen molar-refractivity contribution < 1.29 is 4.48 Å². The predicted octanol–water partition coefficient (Wildman–Crippen LogP) is 2.52. The molecule has 0 amide bonds. The van der Waals surface area contributed by atoms with Gasteiger partial charge in [0.2, 0.25) is 0 Å². The molecule has 1 nitrogen and oxygen atoms in total. The largest absolute Gasteiger partial charge is 0.328 e. The van der Waals surface area contributed by atoms with E-state index in [1.807, 2.05) is 0 Å². The second-order valence-corrected chi connectivity index (χ2v) is 6.20. The summed E-state index contributed by atoms with van der Waals surface area (Å²) in [6.07, 6.45) is 6.14. The van der Waals surface area contributed by atoms with Crippen LogP contribution in [0.4, 0.5) is 0 Å². The van der Waals surface area contributed by atoms with Gasteiger partial charge in [-0.05, 0) is 38.0 Å². The van der Waals surface area contributed by atoms with Gasteiger partial charge in [-0.3, -0.25) is 0 Å². The van der Waals surface area contributed by atoms with Gasteiger partial charge in [0.25, 0.3) is 0 Å². The van der Waals surface area contributed by atoms with Crippen molar-refractivity contribution in [3.63, 3.8) is 0 Å². The molecule has 0 spiro atoms. The molecule has 2 saturated carbocycles. The Kier molecular flexibility index (Phi) is 2.18. The minimum absolute atomic E-state index is 0.857. The molecule has 2 bridgehead atoms. The van der Waals surface area contributed by atoms with Gasteiger partial charge in [0.05, 0.1) is 27.2 Å². The van der Waals surface area contributed by atoms with Gasteiger partial charge in [0, 0.05) is 5.92 Å². The van der Waals surface area contributed by atoms with Gasteiger partial charge in [-0.25, -0.2) is 0 Å². The number of fused-ring (bicyclic) bond motifs is 2. The molecule has 2 fully saturated rings. The number of rotatable bonds is 2. The van der Waals surface area contributed by atoms with Crippen molar-refractivity contribution >= 4 is 0 Å². The quantitative estimate of drug-likeness (QED) is 0.576. The summed E-state index contributed by atoms with van der Waals surface area (Å²) in [6, 6.07) is 0.857. The molecule has 0 aromatic carbocycles. The average Bonchev–Trinajstić information content (AvgIpc) is 2.60. The number of quaternary nitrogens is 1. The smallest absolute Gasteiger partial charge is 0.0886 e. The van der Waals surface area contributed by atoms with E-state index in [1.165, 1.54) is 19.3 Å². The van der Waals surface area contributed by atoms with E-state index in [2.05, 4.69) is 28.1 Å². The zero-order valence-electron chi connectivity index (χ0n) is 9.59. The first kappa shape index (κ1) is 9.51. The molecule has 76 valence electrons. The lowest BCUT2D eigenvalue weighted by molar-refractivity contribution is -0.898. The maximum absolute atomic E-state index is 2.45. The standard InChI is InChI=1S/C12H24N/c1-9(13(2,3)4)12-8-10-5-6-11(12)7-10/h9-12H,5-8H2,1-4H3/q+1/t9?,10-,11-,12?/m1/s1. The zero-order valence-corrected chi connectivity index (χ0v) is 9.59. The summed E-state index contributed by atoms with van der Waals surface area (Å²) < 4.78 is 1.15. The molecule has 4 atom stereocenters. The SMILES string of the molecule is CC(C1C[C@@H]2CC[C@@H]1C2)[N+](C)(C)C. The van der Waals surface area contributed by atoms with Crippen molar-refractivity contribution in [1.29, 1.82) is 0 Å². The Morgan fingerprint density at radius 3 is 2.15 bits per heavy atom. The molecular weight excluding hydrogens is 158 g/mol. The fourth-order valence-electron chi connectivity index (χ4n) is 3.46. The van der Waals surface area contributed by atoms with Crippen molar-refractivity contribution in [2.45, 2.75) is 38.6 Å². The molecule has 0 aliphatic heterocycles. The summed E-state index contributed by atoms with van der Waals surface area (Å²) in [4.78, 5) is 0. The van der Waals surface area contributed by atoms with Crippen molar-refractivity contribution in [3.8, 4) is 0 Å². The number of hydrogen-bond acceptors (Lipinski definition) is 0. The molecule has 0 heterocycles. The van der Waals surface area contributed by atoms with Crippen LogP contribution in [0.5, 0.6) is 0 Å². The zero-order chi connectivity index (χ0) is 9.64. The Balaban J connectivity index is 2.02. The molecule has 1 heteroatoms. The molecule has 0 saturated heterocycles. The van der Waals surface area contributed by atoms with E-state index in [0.717, 1.165) is 28.3 Å². The fourth-order valence-corrected chi connectivity index (χ4v) is 3.46. The van der Waals surface area contributed by atoms with E-state index >= 15 is 0 Å². The van der Waals surface area contributed by atoms with Crippen LogP contribution >= 0.6 is 0 Å². The fraction of sp³-hybridized carbons (Fsp3) is 1.00. The lowest BCUT2D eigenvalue weighted by atomic mass is 9.83. The molecule has 2 aliphatic rings. The Bertz CT molecular complexity index is 192. The van der Waals surface area contributed by atoms with E-state index in [0.29, 0.717) is 0 Å². The molecule has 0 N–H and O–H groups in total. The maximum atomic E-state index is 2.45. The van der Waals surface area contributed by atoms with Crippen LogP contribution in [0.1, 0.15) is 32.6 Å². The third-order valence-electron chi connectivity index (χ3n) is 4.63. The van der Waals surface area contributed by atoms with Crippen LogP contribution in [-0.4, -0.2) is 31.7 Å². The molecule has 0 aromatic heterocycles. The first-order valence-corrected chi connectivity index (χ1v) is 5.79. The summed E-state index contributed by atoms with van der Waals surface area (Å²) in [7, 11) is 7.03. The first-order chi connectivity index (χ1) is 5.98.